The summed E-state index contributed by atoms with van der Waals surface area (Å²) in [5, 5.41) is 24.6. The van der Waals surface area contributed by atoms with Crippen LogP contribution in [-0.2, 0) is 4.84 Å². The van der Waals surface area contributed by atoms with E-state index < -0.39 is 0 Å². The summed E-state index contributed by atoms with van der Waals surface area (Å²) in [6, 6.07) is 17.1. The maximum atomic E-state index is 10.1. The second-order valence-electron chi connectivity index (χ2n) is 6.69. The summed E-state index contributed by atoms with van der Waals surface area (Å²) in [6.45, 7) is 2.45. The Bertz CT molecular complexity index is 1060. The van der Waals surface area contributed by atoms with Gasteiger partial charge >= 0.3 is 0 Å². The summed E-state index contributed by atoms with van der Waals surface area (Å²) in [6.07, 6.45) is 3.95. The van der Waals surface area contributed by atoms with Crippen LogP contribution in [0.25, 0.3) is 22.6 Å². The minimum atomic E-state index is 0.107. The van der Waals surface area contributed by atoms with Crippen molar-refractivity contribution in [2.75, 3.05) is 6.61 Å². The summed E-state index contributed by atoms with van der Waals surface area (Å²) in [7, 11) is 0. The van der Waals surface area contributed by atoms with Crippen LogP contribution in [0.3, 0.4) is 0 Å². The minimum Gasteiger partial charge on any atom is -0.508 e. The van der Waals surface area contributed by atoms with E-state index in [9.17, 15) is 10.2 Å². The zero-order chi connectivity index (χ0) is 20.9. The first kappa shape index (κ1) is 19.4. The first-order valence-electron chi connectivity index (χ1n) is 9.62. The Hall–Kier alpha value is -3.93. The van der Waals surface area contributed by atoms with Gasteiger partial charge in [0.2, 0.25) is 0 Å². The highest BCUT2D eigenvalue weighted by molar-refractivity contribution is 6.18. The van der Waals surface area contributed by atoms with Crippen molar-refractivity contribution in [1.82, 2.24) is 0 Å². The molecule has 4 aromatic rings. The molecule has 4 rings (SSSR count). The van der Waals surface area contributed by atoms with Crippen LogP contribution in [0, 0.1) is 0 Å². The third-order valence-corrected chi connectivity index (χ3v) is 4.54. The van der Waals surface area contributed by atoms with Crippen LogP contribution in [-0.4, -0.2) is 22.5 Å². The zero-order valence-corrected chi connectivity index (χ0v) is 16.4. The highest BCUT2D eigenvalue weighted by Gasteiger charge is 2.21. The molecule has 2 heterocycles. The molecule has 0 unspecified atom stereocenters. The van der Waals surface area contributed by atoms with Gasteiger partial charge in [-0.05, 0) is 67.1 Å². The van der Waals surface area contributed by atoms with Gasteiger partial charge < -0.3 is 23.9 Å². The molecule has 2 aromatic carbocycles. The normalized spacial score (nSPS) is 10.7. The number of hydrogen-bond acceptors (Lipinski definition) is 6. The van der Waals surface area contributed by atoms with Crippen molar-refractivity contribution in [3.63, 3.8) is 0 Å². The molecule has 0 spiro atoms. The average Bonchev–Trinajstić information content (AvgIpc) is 3.46. The van der Waals surface area contributed by atoms with Crippen LogP contribution in [0.5, 0.6) is 11.5 Å². The number of phenolic OH excluding ortho intramolecular Hbond substituents is 2. The third-order valence-electron chi connectivity index (χ3n) is 4.54. The molecular formula is C24H21NO5. The van der Waals surface area contributed by atoms with Crippen LogP contribution in [0.1, 0.15) is 24.5 Å². The molecule has 0 amide bonds. The number of aromatic hydroxyl groups is 2. The van der Waals surface area contributed by atoms with Gasteiger partial charge in [0, 0.05) is 22.3 Å². The molecule has 2 N–H and O–H groups in total. The molecule has 0 bridgehead atoms. The van der Waals surface area contributed by atoms with Gasteiger partial charge in [0.25, 0.3) is 0 Å². The van der Waals surface area contributed by atoms with E-state index in [2.05, 4.69) is 5.16 Å². The molecule has 0 aliphatic carbocycles. The lowest BCUT2D eigenvalue weighted by Crippen LogP contribution is -2.08. The van der Waals surface area contributed by atoms with E-state index >= 15 is 0 Å². The van der Waals surface area contributed by atoms with Gasteiger partial charge in [-0.25, -0.2) is 0 Å². The lowest BCUT2D eigenvalue weighted by Gasteiger charge is -2.15. The quantitative estimate of drug-likeness (QED) is 0.231. The highest BCUT2D eigenvalue weighted by atomic mass is 16.6. The molecule has 0 aliphatic heterocycles. The predicted octanol–water partition coefficient (Wildman–Crippen LogP) is 5.80. The Morgan fingerprint density at radius 3 is 1.80 bits per heavy atom. The Kier molecular flexibility index (Phi) is 5.57. The molecule has 0 radical (unpaired) electrons. The summed E-state index contributed by atoms with van der Waals surface area (Å²) in [5.41, 5.74) is 3.27. The number of rotatable bonds is 7. The molecule has 0 saturated heterocycles. The highest BCUT2D eigenvalue weighted by Crippen LogP contribution is 2.34. The van der Waals surface area contributed by atoms with Crippen molar-refractivity contribution in [3.05, 3.63) is 84.3 Å². The van der Waals surface area contributed by atoms with E-state index in [-0.39, 0.29) is 11.5 Å². The van der Waals surface area contributed by atoms with Gasteiger partial charge in [0.05, 0.1) is 12.5 Å². The number of benzene rings is 2. The van der Waals surface area contributed by atoms with Gasteiger partial charge in [-0.3, -0.25) is 0 Å². The average molecular weight is 403 g/mol. The van der Waals surface area contributed by atoms with Crippen molar-refractivity contribution in [1.29, 1.82) is 0 Å². The molecule has 2 aromatic heterocycles. The predicted molar refractivity (Wildman–Crippen MR) is 113 cm³/mol. The van der Waals surface area contributed by atoms with Crippen molar-refractivity contribution in [2.24, 2.45) is 5.16 Å². The topological polar surface area (TPSA) is 88.3 Å². The van der Waals surface area contributed by atoms with Gasteiger partial charge in [-0.15, -0.1) is 0 Å². The summed E-state index contributed by atoms with van der Waals surface area (Å²) in [5.74, 6) is 1.39. The minimum absolute atomic E-state index is 0.107. The Morgan fingerprint density at radius 1 is 0.833 bits per heavy atom. The van der Waals surface area contributed by atoms with Crippen LogP contribution in [0.2, 0.25) is 0 Å². The number of oxime groups is 1. The lowest BCUT2D eigenvalue weighted by molar-refractivity contribution is 0.145. The molecular weight excluding hydrogens is 382 g/mol. The Labute approximate surface area is 173 Å². The fourth-order valence-electron chi connectivity index (χ4n) is 3.19. The number of nitrogens with zero attached hydrogens (tertiary/aromatic N) is 1. The van der Waals surface area contributed by atoms with Gasteiger partial charge in [-0.1, -0.05) is 12.1 Å². The fourth-order valence-corrected chi connectivity index (χ4v) is 3.19. The molecule has 6 heteroatoms. The van der Waals surface area contributed by atoms with E-state index in [0.29, 0.717) is 46.1 Å². The number of hydrogen-bond donors (Lipinski definition) is 2. The van der Waals surface area contributed by atoms with E-state index in [1.54, 1.807) is 61.1 Å². The molecule has 6 nitrogen and oxygen atoms in total. The largest absolute Gasteiger partial charge is 0.508 e. The SMILES string of the molecule is CCCON=C(c1ccc(O)cc1-c1ccco1)c1ccc(O)cc1-c1ccco1. The van der Waals surface area contributed by atoms with Crippen molar-refractivity contribution in [3.8, 4) is 34.1 Å². The second-order valence-corrected chi connectivity index (χ2v) is 6.69. The van der Waals surface area contributed by atoms with Gasteiger partial charge in [-0.2, -0.15) is 0 Å². The van der Waals surface area contributed by atoms with Crippen LogP contribution >= 0.6 is 0 Å². The number of furan rings is 2. The molecule has 152 valence electrons. The van der Waals surface area contributed by atoms with Gasteiger partial charge in [0.1, 0.15) is 35.3 Å². The summed E-state index contributed by atoms with van der Waals surface area (Å²) in [4.78, 5) is 5.56. The van der Waals surface area contributed by atoms with E-state index in [4.69, 9.17) is 13.7 Å². The molecule has 0 aliphatic rings. The fraction of sp³-hybridized carbons (Fsp3) is 0.125. The monoisotopic (exact) mass is 403 g/mol. The summed E-state index contributed by atoms with van der Waals surface area (Å²) >= 11 is 0. The molecule has 0 atom stereocenters. The standard InChI is InChI=1S/C24H21NO5/c1-2-11-30-25-24(18-9-7-16(26)14-20(18)22-5-3-12-28-22)19-10-8-17(27)15-21(19)23-6-4-13-29-23/h3-10,12-15,26-27H,2,11H2,1H3. The third kappa shape index (κ3) is 3.93. The van der Waals surface area contributed by atoms with Crippen LogP contribution in [0.4, 0.5) is 0 Å². The van der Waals surface area contributed by atoms with Crippen molar-refractivity contribution in [2.45, 2.75) is 13.3 Å². The maximum absolute atomic E-state index is 10.1. The van der Waals surface area contributed by atoms with Crippen molar-refractivity contribution < 1.29 is 23.9 Å². The Morgan fingerprint density at radius 2 is 1.37 bits per heavy atom. The molecule has 30 heavy (non-hydrogen) atoms. The maximum Gasteiger partial charge on any atom is 0.134 e. The second kappa shape index (κ2) is 8.61. The molecule has 0 fully saturated rings. The Balaban J connectivity index is 1.94. The van der Waals surface area contributed by atoms with E-state index in [0.717, 1.165) is 6.42 Å². The zero-order valence-electron chi connectivity index (χ0n) is 16.4. The van der Waals surface area contributed by atoms with Crippen LogP contribution < -0.4 is 0 Å². The summed E-state index contributed by atoms with van der Waals surface area (Å²) < 4.78 is 11.2. The molecule has 0 saturated carbocycles. The number of phenols is 2. The van der Waals surface area contributed by atoms with E-state index in [1.807, 2.05) is 19.1 Å². The van der Waals surface area contributed by atoms with Crippen LogP contribution in [0.15, 0.2) is 87.2 Å². The van der Waals surface area contributed by atoms with Gasteiger partial charge in [0.15, 0.2) is 0 Å². The van der Waals surface area contributed by atoms with E-state index in [1.165, 1.54) is 0 Å². The van der Waals surface area contributed by atoms with Crippen molar-refractivity contribution >= 4 is 5.71 Å². The first-order valence-corrected chi connectivity index (χ1v) is 9.62. The first-order chi connectivity index (χ1) is 14.7. The lowest BCUT2D eigenvalue weighted by atomic mass is 9.92. The smallest absolute Gasteiger partial charge is 0.134 e.